The van der Waals surface area contributed by atoms with Gasteiger partial charge in [0.05, 0.1) is 6.42 Å². The van der Waals surface area contributed by atoms with E-state index in [4.69, 9.17) is 9.52 Å². The molecular formula is C23H19BrN2O4. The van der Waals surface area contributed by atoms with Crippen LogP contribution in [0.3, 0.4) is 0 Å². The van der Waals surface area contributed by atoms with Gasteiger partial charge < -0.3 is 14.8 Å². The van der Waals surface area contributed by atoms with Crippen molar-refractivity contribution < 1.29 is 19.1 Å². The largest absolute Gasteiger partial charge is 0.481 e. The van der Waals surface area contributed by atoms with Crippen molar-refractivity contribution in [1.29, 1.82) is 0 Å². The highest BCUT2D eigenvalue weighted by Gasteiger charge is 2.12. The molecule has 0 saturated carbocycles. The first-order chi connectivity index (χ1) is 14.0. The molecule has 0 atom stereocenters. The van der Waals surface area contributed by atoms with Crippen LogP contribution in [0.25, 0.3) is 22.6 Å². The number of carboxylic acid groups (broad SMARTS) is 1. The number of carbonyl (C=O) groups is 2. The molecule has 4 aromatic rings. The second kappa shape index (κ2) is 8.92. The van der Waals surface area contributed by atoms with Gasteiger partial charge in [-0.1, -0.05) is 35.5 Å². The number of nitrogens with one attached hydrogen (secondary N) is 1. The van der Waals surface area contributed by atoms with Crippen LogP contribution < -0.4 is 5.32 Å². The molecule has 30 heavy (non-hydrogen) atoms. The molecule has 3 aromatic carbocycles. The quantitative estimate of drug-likeness (QED) is 0.389. The molecule has 6 nitrogen and oxygen atoms in total. The summed E-state index contributed by atoms with van der Waals surface area (Å²) in [6.45, 7) is 0. The summed E-state index contributed by atoms with van der Waals surface area (Å²) in [6, 6.07) is 19.4. The van der Waals surface area contributed by atoms with Crippen LogP contribution in [0.2, 0.25) is 0 Å². The first-order valence-corrected chi connectivity index (χ1v) is 9.56. The van der Waals surface area contributed by atoms with Crippen LogP contribution >= 0.6 is 15.9 Å². The number of nitrogens with zero attached hydrogens (tertiary/aromatic N) is 1. The molecule has 1 aromatic heterocycles. The highest BCUT2D eigenvalue weighted by molar-refractivity contribution is 9.10. The van der Waals surface area contributed by atoms with E-state index in [-0.39, 0.29) is 19.8 Å². The summed E-state index contributed by atoms with van der Waals surface area (Å²) in [5.41, 5.74) is 3.67. The maximum Gasteiger partial charge on any atom is 0.307 e. The van der Waals surface area contributed by atoms with Crippen molar-refractivity contribution in [2.24, 2.45) is 0 Å². The first-order valence-electron chi connectivity index (χ1n) is 8.76. The number of hydrogen-bond donors (Lipinski definition) is 2. The van der Waals surface area contributed by atoms with Gasteiger partial charge in [-0.25, -0.2) is 4.98 Å². The van der Waals surface area contributed by atoms with Crippen molar-refractivity contribution in [1.82, 2.24) is 4.98 Å². The summed E-state index contributed by atoms with van der Waals surface area (Å²) < 4.78 is 6.70. The van der Waals surface area contributed by atoms with Crippen molar-refractivity contribution in [3.05, 3.63) is 82.3 Å². The number of carbonyl (C=O) groups excluding carboxylic acids is 1. The molecule has 0 unspecified atom stereocenters. The van der Waals surface area contributed by atoms with Crippen LogP contribution in [0, 0.1) is 0 Å². The average molecular weight is 467 g/mol. The van der Waals surface area contributed by atoms with Gasteiger partial charge in [0.25, 0.3) is 5.91 Å². The fourth-order valence-corrected chi connectivity index (χ4v) is 3.18. The van der Waals surface area contributed by atoms with Crippen molar-refractivity contribution >= 4 is 44.6 Å². The fourth-order valence-electron chi connectivity index (χ4n) is 2.92. The Labute approximate surface area is 181 Å². The van der Waals surface area contributed by atoms with E-state index in [1.54, 1.807) is 48.5 Å². The van der Waals surface area contributed by atoms with Gasteiger partial charge in [-0.05, 0) is 60.2 Å². The van der Waals surface area contributed by atoms with Gasteiger partial charge in [-0.15, -0.1) is 0 Å². The third-order valence-electron chi connectivity index (χ3n) is 4.28. The van der Waals surface area contributed by atoms with E-state index < -0.39 is 5.97 Å². The zero-order valence-corrected chi connectivity index (χ0v) is 16.6. The maximum atomic E-state index is 12.4. The fraction of sp³-hybridized carbons (Fsp3) is 0.0870. The Bertz CT molecular complexity index is 1220. The van der Waals surface area contributed by atoms with E-state index in [1.165, 1.54) is 0 Å². The minimum Gasteiger partial charge on any atom is -0.481 e. The van der Waals surface area contributed by atoms with Gasteiger partial charge >= 0.3 is 5.97 Å². The first kappa shape index (κ1) is 21.3. The van der Waals surface area contributed by atoms with Crippen molar-refractivity contribution in [3.8, 4) is 11.5 Å². The van der Waals surface area contributed by atoms with E-state index in [0.29, 0.717) is 39.4 Å². The number of halogens is 1. The Balaban J connectivity index is 0.00000256. The number of amides is 1. The van der Waals surface area contributed by atoms with E-state index >= 15 is 0 Å². The Kier molecular flexibility index (Phi) is 6.32. The number of aromatic nitrogens is 1. The summed E-state index contributed by atoms with van der Waals surface area (Å²) in [5, 5.41) is 11.8. The monoisotopic (exact) mass is 466 g/mol. The van der Waals surface area contributed by atoms with Gasteiger partial charge in [-0.2, -0.15) is 0 Å². The second-order valence-electron chi connectivity index (χ2n) is 6.43. The third kappa shape index (κ3) is 4.75. The van der Waals surface area contributed by atoms with E-state index in [9.17, 15) is 9.59 Å². The molecule has 0 saturated heterocycles. The lowest BCUT2D eigenvalue weighted by Gasteiger charge is -2.06. The zero-order valence-electron chi connectivity index (χ0n) is 15.1. The highest BCUT2D eigenvalue weighted by Crippen LogP contribution is 2.27. The summed E-state index contributed by atoms with van der Waals surface area (Å²) in [5.74, 6) is -0.722. The topological polar surface area (TPSA) is 92.4 Å². The smallest absolute Gasteiger partial charge is 0.307 e. The lowest BCUT2D eigenvalue weighted by Crippen LogP contribution is -2.11. The van der Waals surface area contributed by atoms with Crippen molar-refractivity contribution in [2.75, 3.05) is 5.32 Å². The van der Waals surface area contributed by atoms with Crippen LogP contribution in [0.4, 0.5) is 5.69 Å². The second-order valence-corrected chi connectivity index (χ2v) is 7.35. The van der Waals surface area contributed by atoms with E-state index in [2.05, 4.69) is 26.2 Å². The van der Waals surface area contributed by atoms with Gasteiger partial charge in [0.15, 0.2) is 5.58 Å². The van der Waals surface area contributed by atoms with Gasteiger partial charge in [-0.3, -0.25) is 9.59 Å². The minimum atomic E-state index is -0.901. The molecule has 7 heteroatoms. The summed E-state index contributed by atoms with van der Waals surface area (Å²) in [7, 11) is 0. The molecule has 2 N–H and O–H groups in total. The Hall–Kier alpha value is -3.45. The standard InChI is InChI=1S/C22H15BrN2O4.CH4/c23-16-7-5-14(6-8-16)21(28)24-17-3-1-2-15(12-17)22-25-18-10-13(11-20(26)27)4-9-19(18)29-22;/h1-10,12H,11H2,(H,24,28)(H,26,27);1H4. The van der Waals surface area contributed by atoms with Crippen molar-refractivity contribution in [3.63, 3.8) is 0 Å². The summed E-state index contributed by atoms with van der Waals surface area (Å²) in [6.07, 6.45) is -0.0737. The average Bonchev–Trinajstić information content (AvgIpc) is 3.11. The predicted octanol–water partition coefficient (Wildman–Crippen LogP) is 5.77. The molecular weight excluding hydrogens is 448 g/mol. The third-order valence-corrected chi connectivity index (χ3v) is 4.81. The highest BCUT2D eigenvalue weighted by atomic mass is 79.9. The molecule has 0 spiro atoms. The van der Waals surface area contributed by atoms with E-state index in [0.717, 1.165) is 4.47 Å². The molecule has 0 radical (unpaired) electrons. The molecule has 1 heterocycles. The number of benzene rings is 3. The molecule has 0 aliphatic heterocycles. The normalized spacial score (nSPS) is 10.4. The summed E-state index contributed by atoms with van der Waals surface area (Å²) >= 11 is 3.35. The Morgan fingerprint density at radius 2 is 1.80 bits per heavy atom. The number of oxazole rings is 1. The number of rotatable bonds is 5. The van der Waals surface area contributed by atoms with Crippen LogP contribution in [0.5, 0.6) is 0 Å². The van der Waals surface area contributed by atoms with Crippen LogP contribution in [-0.2, 0) is 11.2 Å². The zero-order chi connectivity index (χ0) is 20.4. The molecule has 152 valence electrons. The van der Waals surface area contributed by atoms with Crippen LogP contribution in [0.1, 0.15) is 23.3 Å². The Morgan fingerprint density at radius 1 is 1.03 bits per heavy atom. The Morgan fingerprint density at radius 3 is 2.53 bits per heavy atom. The van der Waals surface area contributed by atoms with Gasteiger partial charge in [0.1, 0.15) is 5.52 Å². The number of anilines is 1. The maximum absolute atomic E-state index is 12.4. The lowest BCUT2D eigenvalue weighted by atomic mass is 10.1. The molecule has 0 bridgehead atoms. The van der Waals surface area contributed by atoms with Crippen molar-refractivity contribution in [2.45, 2.75) is 13.8 Å². The number of hydrogen-bond acceptors (Lipinski definition) is 4. The van der Waals surface area contributed by atoms with Crippen LogP contribution in [-0.4, -0.2) is 22.0 Å². The number of carboxylic acids is 1. The molecule has 0 aliphatic rings. The minimum absolute atomic E-state index is 0. The molecule has 0 aliphatic carbocycles. The predicted molar refractivity (Wildman–Crippen MR) is 120 cm³/mol. The lowest BCUT2D eigenvalue weighted by molar-refractivity contribution is -0.136. The number of fused-ring (bicyclic) bond motifs is 1. The summed E-state index contributed by atoms with van der Waals surface area (Å²) in [4.78, 5) is 27.8. The van der Waals surface area contributed by atoms with Crippen LogP contribution in [0.15, 0.2) is 75.6 Å². The van der Waals surface area contributed by atoms with Gasteiger partial charge in [0.2, 0.25) is 5.89 Å². The molecule has 1 amide bonds. The molecule has 4 rings (SSSR count). The number of aliphatic carboxylic acids is 1. The SMILES string of the molecule is C.O=C(O)Cc1ccc2oc(-c3cccc(NC(=O)c4ccc(Br)cc4)c3)nc2c1. The molecule has 0 fully saturated rings. The van der Waals surface area contributed by atoms with E-state index in [1.807, 2.05) is 18.2 Å². The van der Waals surface area contributed by atoms with Gasteiger partial charge in [0, 0.05) is 21.3 Å².